The Kier molecular flexibility index (Phi) is 4.86. The number of piperazine rings is 1. The highest BCUT2D eigenvalue weighted by Crippen LogP contribution is 2.19. The summed E-state index contributed by atoms with van der Waals surface area (Å²) in [6.45, 7) is 4.78. The fourth-order valence-electron chi connectivity index (χ4n) is 2.82. The second-order valence-corrected chi connectivity index (χ2v) is 8.15. The van der Waals surface area contributed by atoms with Crippen LogP contribution in [0.15, 0.2) is 23.5 Å². The average Bonchev–Trinajstić information content (AvgIpc) is 2.53. The molecule has 2 aliphatic heterocycles. The van der Waals surface area contributed by atoms with Gasteiger partial charge in [0, 0.05) is 64.1 Å². The van der Waals surface area contributed by atoms with Gasteiger partial charge in [0.05, 0.1) is 6.26 Å². The maximum atomic E-state index is 11.3. The number of rotatable bonds is 4. The van der Waals surface area contributed by atoms with Crippen molar-refractivity contribution in [2.45, 2.75) is 0 Å². The number of aliphatic imine (C=N–C) groups is 1. The molecule has 0 radical (unpaired) electrons. The molecule has 9 nitrogen and oxygen atoms in total. The number of hydrogen-bond donors (Lipinski definition) is 1. The van der Waals surface area contributed by atoms with E-state index in [2.05, 4.69) is 19.9 Å². The Morgan fingerprint density at radius 3 is 2.46 bits per heavy atom. The fraction of sp³-hybridized carbons (Fsp3) is 0.643. The quantitative estimate of drug-likeness (QED) is 0.535. The third kappa shape index (κ3) is 3.93. The first-order valence-corrected chi connectivity index (χ1v) is 9.80. The van der Waals surface area contributed by atoms with Crippen molar-refractivity contribution in [1.82, 2.24) is 19.2 Å². The van der Waals surface area contributed by atoms with Crippen LogP contribution >= 0.6 is 0 Å². The second kappa shape index (κ2) is 6.89. The van der Waals surface area contributed by atoms with E-state index in [1.54, 1.807) is 18.5 Å². The first-order chi connectivity index (χ1) is 11.4. The van der Waals surface area contributed by atoms with Crippen LogP contribution in [-0.2, 0) is 10.0 Å². The molecule has 2 N–H and O–H groups in total. The van der Waals surface area contributed by atoms with Gasteiger partial charge in [-0.25, -0.2) is 22.7 Å². The van der Waals surface area contributed by atoms with Gasteiger partial charge in [0.2, 0.25) is 16.0 Å². The van der Waals surface area contributed by atoms with Crippen LogP contribution in [0.3, 0.4) is 0 Å². The van der Waals surface area contributed by atoms with E-state index >= 15 is 0 Å². The summed E-state index contributed by atoms with van der Waals surface area (Å²) in [6, 6.07) is 1.80. The number of guanidine groups is 1. The maximum absolute atomic E-state index is 11.3. The zero-order valence-corrected chi connectivity index (χ0v) is 14.6. The van der Waals surface area contributed by atoms with Crippen molar-refractivity contribution in [2.75, 3.05) is 57.0 Å². The number of nitrogens with two attached hydrogens (primary N) is 1. The Labute approximate surface area is 142 Å². The molecule has 0 spiro atoms. The van der Waals surface area contributed by atoms with E-state index in [-0.39, 0.29) is 5.92 Å². The lowest BCUT2D eigenvalue weighted by atomic mass is 10.0. The van der Waals surface area contributed by atoms with E-state index in [0.29, 0.717) is 25.6 Å². The van der Waals surface area contributed by atoms with E-state index in [1.807, 2.05) is 4.90 Å². The smallest absolute Gasteiger partial charge is 0.225 e. The summed E-state index contributed by atoms with van der Waals surface area (Å²) in [5.74, 6) is 1.53. The molecule has 1 aromatic rings. The lowest BCUT2D eigenvalue weighted by molar-refractivity contribution is 0.208. The summed E-state index contributed by atoms with van der Waals surface area (Å²) in [6.07, 6.45) is 4.71. The van der Waals surface area contributed by atoms with Crippen molar-refractivity contribution in [2.24, 2.45) is 16.6 Å². The van der Waals surface area contributed by atoms with Crippen LogP contribution in [0, 0.1) is 5.92 Å². The number of sulfonamides is 1. The predicted molar refractivity (Wildman–Crippen MR) is 92.2 cm³/mol. The highest BCUT2D eigenvalue weighted by molar-refractivity contribution is 7.88. The molecule has 2 fully saturated rings. The van der Waals surface area contributed by atoms with Crippen LogP contribution in [0.5, 0.6) is 0 Å². The molecule has 10 heteroatoms. The summed E-state index contributed by atoms with van der Waals surface area (Å²) in [5, 5.41) is 0. The molecular formula is C14H23N7O2S. The van der Waals surface area contributed by atoms with E-state index in [0.717, 1.165) is 32.1 Å². The Bertz CT molecular complexity index is 680. The monoisotopic (exact) mass is 353 g/mol. The summed E-state index contributed by atoms with van der Waals surface area (Å²) in [5.41, 5.74) is 6.07. The van der Waals surface area contributed by atoms with E-state index in [1.165, 1.54) is 10.6 Å². The minimum atomic E-state index is -3.06. The summed E-state index contributed by atoms with van der Waals surface area (Å²) in [4.78, 5) is 17.1. The van der Waals surface area contributed by atoms with E-state index in [4.69, 9.17) is 5.73 Å². The van der Waals surface area contributed by atoms with Gasteiger partial charge in [-0.05, 0) is 6.07 Å². The first-order valence-electron chi connectivity index (χ1n) is 7.95. The molecule has 132 valence electrons. The zero-order valence-electron chi connectivity index (χ0n) is 13.7. The molecule has 24 heavy (non-hydrogen) atoms. The van der Waals surface area contributed by atoms with Crippen LogP contribution in [0.25, 0.3) is 0 Å². The van der Waals surface area contributed by atoms with Gasteiger partial charge in [0.25, 0.3) is 0 Å². The van der Waals surface area contributed by atoms with Crippen molar-refractivity contribution in [1.29, 1.82) is 0 Å². The minimum Gasteiger partial charge on any atom is -0.370 e. The van der Waals surface area contributed by atoms with Gasteiger partial charge >= 0.3 is 0 Å². The molecule has 0 amide bonds. The summed E-state index contributed by atoms with van der Waals surface area (Å²) >= 11 is 0. The normalized spacial score (nSPS) is 21.0. The van der Waals surface area contributed by atoms with Gasteiger partial charge in [0.1, 0.15) is 0 Å². The summed E-state index contributed by atoms with van der Waals surface area (Å²) < 4.78 is 24.1. The number of nitrogens with zero attached hydrogens (tertiary/aromatic N) is 6. The number of anilines is 1. The van der Waals surface area contributed by atoms with Crippen molar-refractivity contribution in [3.63, 3.8) is 0 Å². The van der Waals surface area contributed by atoms with E-state index < -0.39 is 10.0 Å². The SMILES string of the molecule is CS(=O)(=O)N1CC(CN=C(N)N2CCN(c3ncccn3)CC2)C1. The molecule has 3 rings (SSSR count). The Morgan fingerprint density at radius 1 is 1.25 bits per heavy atom. The zero-order chi connectivity index (χ0) is 17.2. The first kappa shape index (κ1) is 16.9. The standard InChI is InChI=1S/C14H23N7O2S/c1-24(22,23)21-10-12(11-21)9-18-13(15)19-5-7-20(8-6-19)14-16-3-2-4-17-14/h2-4,12H,5-11H2,1H3,(H2,15,18). The molecule has 0 saturated carbocycles. The second-order valence-electron chi connectivity index (χ2n) is 6.17. The van der Waals surface area contributed by atoms with Crippen LogP contribution in [0.1, 0.15) is 0 Å². The molecule has 3 heterocycles. The summed E-state index contributed by atoms with van der Waals surface area (Å²) in [7, 11) is -3.06. The van der Waals surface area contributed by atoms with Crippen molar-refractivity contribution in [3.05, 3.63) is 18.5 Å². The topological polar surface area (TPSA) is 108 Å². The lowest BCUT2D eigenvalue weighted by Gasteiger charge is -2.37. The Morgan fingerprint density at radius 2 is 1.88 bits per heavy atom. The van der Waals surface area contributed by atoms with Crippen molar-refractivity contribution < 1.29 is 8.42 Å². The van der Waals surface area contributed by atoms with Crippen LogP contribution in [0.2, 0.25) is 0 Å². The highest BCUT2D eigenvalue weighted by Gasteiger charge is 2.32. The predicted octanol–water partition coefficient (Wildman–Crippen LogP) is -1.20. The molecule has 0 aromatic carbocycles. The highest BCUT2D eigenvalue weighted by atomic mass is 32.2. The molecule has 0 bridgehead atoms. The van der Waals surface area contributed by atoms with Gasteiger partial charge in [-0.2, -0.15) is 0 Å². The molecule has 0 atom stereocenters. The van der Waals surface area contributed by atoms with Gasteiger partial charge in [-0.15, -0.1) is 0 Å². The lowest BCUT2D eigenvalue weighted by Crippen LogP contribution is -2.53. The molecular weight excluding hydrogens is 330 g/mol. The molecule has 2 aliphatic rings. The van der Waals surface area contributed by atoms with Crippen LogP contribution < -0.4 is 10.6 Å². The van der Waals surface area contributed by atoms with Gasteiger partial charge in [-0.3, -0.25) is 4.99 Å². The Balaban J connectivity index is 1.45. The maximum Gasteiger partial charge on any atom is 0.225 e. The average molecular weight is 353 g/mol. The van der Waals surface area contributed by atoms with Crippen LogP contribution in [-0.4, -0.2) is 85.6 Å². The Hall–Kier alpha value is -1.94. The third-order valence-electron chi connectivity index (χ3n) is 4.34. The van der Waals surface area contributed by atoms with Crippen molar-refractivity contribution in [3.8, 4) is 0 Å². The largest absolute Gasteiger partial charge is 0.370 e. The van der Waals surface area contributed by atoms with Gasteiger partial charge in [-0.1, -0.05) is 0 Å². The minimum absolute atomic E-state index is 0.261. The van der Waals surface area contributed by atoms with Gasteiger partial charge < -0.3 is 15.5 Å². The van der Waals surface area contributed by atoms with E-state index in [9.17, 15) is 8.42 Å². The van der Waals surface area contributed by atoms with Crippen molar-refractivity contribution >= 4 is 21.9 Å². The molecule has 0 aliphatic carbocycles. The molecule has 2 saturated heterocycles. The molecule has 1 aromatic heterocycles. The fourth-order valence-corrected chi connectivity index (χ4v) is 3.78. The number of aromatic nitrogens is 2. The molecule has 0 unspecified atom stereocenters. The van der Waals surface area contributed by atoms with Crippen LogP contribution in [0.4, 0.5) is 5.95 Å². The third-order valence-corrected chi connectivity index (χ3v) is 5.58. The number of hydrogen-bond acceptors (Lipinski definition) is 6. The van der Waals surface area contributed by atoms with Gasteiger partial charge in [0.15, 0.2) is 5.96 Å².